The largest absolute Gasteiger partial charge is 0.356 e. The molecule has 4 rings (SSSR count). The molecule has 1 heterocycles. The first kappa shape index (κ1) is 18.6. The fraction of sp³-hybridized carbons (Fsp3) is 0.174. The van der Waals surface area contributed by atoms with Crippen molar-refractivity contribution in [2.45, 2.75) is 19.1 Å². The Morgan fingerprint density at radius 1 is 1.18 bits per heavy atom. The summed E-state index contributed by atoms with van der Waals surface area (Å²) in [6.07, 6.45) is 10.4. The van der Waals surface area contributed by atoms with E-state index in [0.29, 0.717) is 6.67 Å². The molecule has 5 heteroatoms. The van der Waals surface area contributed by atoms with Crippen LogP contribution in [0.5, 0.6) is 0 Å². The van der Waals surface area contributed by atoms with Crippen molar-refractivity contribution in [3.05, 3.63) is 84.1 Å². The van der Waals surface area contributed by atoms with Crippen LogP contribution in [0.2, 0.25) is 0 Å². The van der Waals surface area contributed by atoms with E-state index >= 15 is 0 Å². The van der Waals surface area contributed by atoms with Crippen molar-refractivity contribution in [3.63, 3.8) is 0 Å². The first-order valence-electron chi connectivity index (χ1n) is 9.38. The van der Waals surface area contributed by atoms with Crippen molar-refractivity contribution < 1.29 is 0 Å². The highest BCUT2D eigenvalue weighted by Gasteiger charge is 2.18. The molecule has 0 bridgehead atoms. The van der Waals surface area contributed by atoms with Gasteiger partial charge in [-0.1, -0.05) is 67.4 Å². The average molecular weight is 389 g/mol. The summed E-state index contributed by atoms with van der Waals surface area (Å²) < 4.78 is 5.37. The fourth-order valence-corrected chi connectivity index (χ4v) is 4.14. The van der Waals surface area contributed by atoms with Crippen LogP contribution in [-0.2, 0) is 6.67 Å². The van der Waals surface area contributed by atoms with Crippen LogP contribution in [0.1, 0.15) is 6.42 Å². The van der Waals surface area contributed by atoms with Gasteiger partial charge >= 0.3 is 0 Å². The Balaban J connectivity index is 1.73. The van der Waals surface area contributed by atoms with Gasteiger partial charge in [-0.2, -0.15) is 0 Å². The van der Waals surface area contributed by atoms with Gasteiger partial charge in [0.1, 0.15) is 0 Å². The second kappa shape index (κ2) is 8.09. The van der Waals surface area contributed by atoms with Gasteiger partial charge in [0, 0.05) is 35.8 Å². The number of hydrogen-bond donors (Lipinski definition) is 3. The van der Waals surface area contributed by atoms with Crippen molar-refractivity contribution in [2.75, 3.05) is 7.05 Å². The first-order chi connectivity index (χ1) is 13.7. The van der Waals surface area contributed by atoms with Crippen molar-refractivity contribution in [3.8, 4) is 0 Å². The Morgan fingerprint density at radius 3 is 2.43 bits per heavy atom. The van der Waals surface area contributed by atoms with Gasteiger partial charge in [0.15, 0.2) is 0 Å². The van der Waals surface area contributed by atoms with Crippen LogP contribution in [0.25, 0.3) is 21.8 Å². The summed E-state index contributed by atoms with van der Waals surface area (Å²) in [4.78, 5) is 2.21. The highest BCUT2D eigenvalue weighted by Crippen LogP contribution is 2.30. The number of fused-ring (bicyclic) bond motifs is 3. The van der Waals surface area contributed by atoms with E-state index < -0.39 is 0 Å². The molecule has 0 aliphatic heterocycles. The van der Waals surface area contributed by atoms with Crippen molar-refractivity contribution >= 4 is 40.8 Å². The van der Waals surface area contributed by atoms with Gasteiger partial charge in [-0.05, 0) is 30.2 Å². The van der Waals surface area contributed by atoms with E-state index in [4.69, 9.17) is 5.41 Å². The molecule has 2 aromatic carbocycles. The van der Waals surface area contributed by atoms with E-state index in [9.17, 15) is 0 Å². The number of likely N-dealkylation sites (N-methyl/N-ethyl adjacent to an activating group) is 1. The summed E-state index contributed by atoms with van der Waals surface area (Å²) >= 11 is 4.22. The summed E-state index contributed by atoms with van der Waals surface area (Å²) in [6, 6.07) is 17.3. The van der Waals surface area contributed by atoms with Gasteiger partial charge < -0.3 is 14.9 Å². The number of aromatic nitrogens is 1. The third-order valence-corrected chi connectivity index (χ3v) is 5.59. The number of para-hydroxylation sites is 2. The predicted molar refractivity (Wildman–Crippen MR) is 122 cm³/mol. The average Bonchev–Trinajstić information content (AvgIpc) is 3.06. The number of nitrogens with zero attached hydrogens (tertiary/aromatic N) is 2. The molecule has 3 aromatic rings. The Hall–Kier alpha value is -2.76. The van der Waals surface area contributed by atoms with E-state index in [-0.39, 0.29) is 6.04 Å². The van der Waals surface area contributed by atoms with Crippen LogP contribution in [0, 0.1) is 5.41 Å². The number of benzene rings is 2. The number of rotatable bonds is 6. The summed E-state index contributed by atoms with van der Waals surface area (Å²) in [5.41, 5.74) is 4.69. The minimum atomic E-state index is 0.194. The lowest BCUT2D eigenvalue weighted by molar-refractivity contribution is 0.350. The zero-order chi connectivity index (χ0) is 19.5. The third kappa shape index (κ3) is 3.39. The number of thiol groups is 1. The second-order valence-electron chi connectivity index (χ2n) is 7.04. The van der Waals surface area contributed by atoms with E-state index in [1.54, 1.807) is 0 Å². The maximum Gasteiger partial charge on any atom is 0.0949 e. The van der Waals surface area contributed by atoms with Crippen LogP contribution >= 0.6 is 12.8 Å². The molecular weight excluding hydrogens is 364 g/mol. The SMILES string of the molecule is CN(Cn1c2ccccc2c2ccccc21)/C(=C\C=N)C1=CC=CC(NS)C1. The van der Waals surface area contributed by atoms with Crippen LogP contribution in [0.15, 0.2) is 84.1 Å². The molecule has 0 amide bonds. The molecule has 28 heavy (non-hydrogen) atoms. The minimum Gasteiger partial charge on any atom is -0.356 e. The Morgan fingerprint density at radius 2 is 1.82 bits per heavy atom. The summed E-state index contributed by atoms with van der Waals surface area (Å²) in [5.74, 6) is 0. The number of nitrogens with one attached hydrogen (secondary N) is 2. The predicted octanol–water partition coefficient (Wildman–Crippen LogP) is 4.91. The van der Waals surface area contributed by atoms with E-state index in [2.05, 4.69) is 101 Å². The van der Waals surface area contributed by atoms with Crippen LogP contribution in [0.4, 0.5) is 0 Å². The lowest BCUT2D eigenvalue weighted by Crippen LogP contribution is -2.27. The molecule has 0 fully saturated rings. The highest BCUT2D eigenvalue weighted by molar-refractivity contribution is 7.78. The smallest absolute Gasteiger partial charge is 0.0949 e. The standard InChI is InChI=1S/C23H24N4S/c1-26(21(13-14-24)17-7-6-8-18(15-17)25-28)16-27-22-11-4-2-9-19(22)20-10-3-5-12-23(20)27/h2-14,18,24-25,28H,15-16H2,1H3/b21-13-,24-14?. The topological polar surface area (TPSA) is 44.1 Å². The third-order valence-electron chi connectivity index (χ3n) is 5.26. The van der Waals surface area contributed by atoms with E-state index in [1.165, 1.54) is 33.6 Å². The Kier molecular flexibility index (Phi) is 5.37. The molecule has 0 saturated heterocycles. The molecule has 4 nitrogen and oxygen atoms in total. The zero-order valence-corrected chi connectivity index (χ0v) is 16.7. The summed E-state index contributed by atoms with van der Waals surface area (Å²) in [6.45, 7) is 0.702. The summed E-state index contributed by atoms with van der Waals surface area (Å²) in [5, 5.41) is 10.2. The lowest BCUT2D eigenvalue weighted by Gasteiger charge is -2.28. The molecule has 0 spiro atoms. The van der Waals surface area contributed by atoms with Crippen molar-refractivity contribution in [1.82, 2.24) is 14.2 Å². The van der Waals surface area contributed by atoms with Gasteiger partial charge in [-0.25, -0.2) is 0 Å². The molecule has 1 unspecified atom stereocenters. The molecule has 0 saturated carbocycles. The maximum absolute atomic E-state index is 7.64. The monoisotopic (exact) mass is 388 g/mol. The van der Waals surface area contributed by atoms with Gasteiger partial charge in [0.05, 0.1) is 17.7 Å². The second-order valence-corrected chi connectivity index (χ2v) is 7.29. The van der Waals surface area contributed by atoms with Gasteiger partial charge in [0.25, 0.3) is 0 Å². The quantitative estimate of drug-likeness (QED) is 0.415. The van der Waals surface area contributed by atoms with Crippen molar-refractivity contribution in [1.29, 1.82) is 5.41 Å². The van der Waals surface area contributed by atoms with E-state index in [1.807, 2.05) is 6.08 Å². The normalized spacial score (nSPS) is 17.1. The van der Waals surface area contributed by atoms with E-state index in [0.717, 1.165) is 12.1 Å². The molecular formula is C23H24N4S. The Bertz CT molecular complexity index is 1050. The molecule has 142 valence electrons. The molecule has 0 radical (unpaired) electrons. The first-order valence-corrected chi connectivity index (χ1v) is 9.83. The van der Waals surface area contributed by atoms with Crippen LogP contribution in [-0.4, -0.2) is 28.8 Å². The fourth-order valence-electron chi connectivity index (χ4n) is 3.96. The number of allylic oxidation sites excluding steroid dienone is 4. The minimum absolute atomic E-state index is 0.194. The maximum atomic E-state index is 7.64. The van der Waals surface area contributed by atoms with Gasteiger partial charge in [-0.3, -0.25) is 4.72 Å². The van der Waals surface area contributed by atoms with Crippen LogP contribution < -0.4 is 4.72 Å². The summed E-state index contributed by atoms with van der Waals surface area (Å²) in [7, 11) is 2.08. The highest BCUT2D eigenvalue weighted by atomic mass is 32.1. The molecule has 2 N–H and O–H groups in total. The van der Waals surface area contributed by atoms with Gasteiger partial charge in [0.2, 0.25) is 0 Å². The Labute approximate surface area is 170 Å². The molecule has 1 aliphatic carbocycles. The van der Waals surface area contributed by atoms with Gasteiger partial charge in [-0.15, -0.1) is 0 Å². The lowest BCUT2D eigenvalue weighted by atomic mass is 9.98. The molecule has 1 atom stereocenters. The van der Waals surface area contributed by atoms with Crippen molar-refractivity contribution in [2.24, 2.45) is 0 Å². The number of hydrogen-bond acceptors (Lipinski definition) is 4. The molecule has 1 aliphatic rings. The molecule has 1 aromatic heterocycles. The van der Waals surface area contributed by atoms with Crippen LogP contribution in [0.3, 0.4) is 0 Å². The zero-order valence-electron chi connectivity index (χ0n) is 15.8.